The Morgan fingerprint density at radius 1 is 1.61 bits per heavy atom. The lowest BCUT2D eigenvalue weighted by molar-refractivity contribution is 0.0517. The summed E-state index contributed by atoms with van der Waals surface area (Å²) in [5.74, 6) is -0.352. The highest BCUT2D eigenvalue weighted by Crippen LogP contribution is 2.11. The summed E-state index contributed by atoms with van der Waals surface area (Å²) < 4.78 is 12.1. The van der Waals surface area contributed by atoms with Gasteiger partial charge in [-0.2, -0.15) is 5.10 Å². The lowest BCUT2D eigenvalue weighted by Gasteiger charge is -2.07. The van der Waals surface area contributed by atoms with Gasteiger partial charge in [0.05, 0.1) is 25.1 Å². The lowest BCUT2D eigenvalue weighted by atomic mass is 10.2. The third-order valence-electron chi connectivity index (χ3n) is 2.49. The fourth-order valence-corrected chi connectivity index (χ4v) is 1.51. The lowest BCUT2D eigenvalue weighted by Crippen LogP contribution is -2.10. The summed E-state index contributed by atoms with van der Waals surface area (Å²) in [6.07, 6.45) is 5.23. The number of hydrogen-bond donors (Lipinski definition) is 0. The molecule has 1 rings (SSSR count). The van der Waals surface area contributed by atoms with Crippen molar-refractivity contribution in [3.63, 3.8) is 0 Å². The summed E-state index contributed by atoms with van der Waals surface area (Å²) in [6.45, 7) is 6.78. The van der Waals surface area contributed by atoms with Gasteiger partial charge in [-0.25, -0.2) is 4.79 Å². The SMILES string of the molecule is C=CCCCOCc1c(C(=O)OCC)cnn1C. The Balaban J connectivity index is 2.55. The summed E-state index contributed by atoms with van der Waals surface area (Å²) >= 11 is 0. The number of rotatable bonds is 8. The van der Waals surface area contributed by atoms with Gasteiger partial charge in [-0.1, -0.05) is 6.08 Å². The molecule has 0 amide bonds. The second kappa shape index (κ2) is 7.66. The minimum Gasteiger partial charge on any atom is -0.462 e. The Bertz CT molecular complexity index is 399. The molecule has 0 atom stereocenters. The number of hydrogen-bond acceptors (Lipinski definition) is 4. The molecular formula is C13H20N2O3. The number of aromatic nitrogens is 2. The van der Waals surface area contributed by atoms with Crippen molar-refractivity contribution in [3.05, 3.63) is 30.1 Å². The summed E-state index contributed by atoms with van der Waals surface area (Å²) in [4.78, 5) is 11.7. The third kappa shape index (κ3) is 4.00. The highest BCUT2D eigenvalue weighted by atomic mass is 16.5. The van der Waals surface area contributed by atoms with Crippen molar-refractivity contribution in [2.45, 2.75) is 26.4 Å². The standard InChI is InChI=1S/C13H20N2O3/c1-4-6-7-8-17-10-12-11(9-14-15(12)3)13(16)18-5-2/h4,9H,1,5-8,10H2,2-3H3. The van der Waals surface area contributed by atoms with Crippen LogP contribution in [0.4, 0.5) is 0 Å². The number of nitrogens with zero attached hydrogens (tertiary/aromatic N) is 2. The molecule has 0 spiro atoms. The van der Waals surface area contributed by atoms with E-state index < -0.39 is 0 Å². The van der Waals surface area contributed by atoms with Gasteiger partial charge >= 0.3 is 5.97 Å². The van der Waals surface area contributed by atoms with Gasteiger partial charge in [0.15, 0.2) is 0 Å². The second-order valence-corrected chi connectivity index (χ2v) is 3.83. The third-order valence-corrected chi connectivity index (χ3v) is 2.49. The van der Waals surface area contributed by atoms with Crippen LogP contribution in [-0.4, -0.2) is 29.0 Å². The molecule has 0 bridgehead atoms. The van der Waals surface area contributed by atoms with Crippen molar-refractivity contribution in [3.8, 4) is 0 Å². The van der Waals surface area contributed by atoms with Crippen molar-refractivity contribution in [2.75, 3.05) is 13.2 Å². The minimum absolute atomic E-state index is 0.352. The van der Waals surface area contributed by atoms with E-state index in [4.69, 9.17) is 9.47 Å². The number of carbonyl (C=O) groups is 1. The second-order valence-electron chi connectivity index (χ2n) is 3.83. The fourth-order valence-electron chi connectivity index (χ4n) is 1.51. The predicted octanol–water partition coefficient (Wildman–Crippen LogP) is 2.08. The van der Waals surface area contributed by atoms with E-state index in [1.54, 1.807) is 18.7 Å². The topological polar surface area (TPSA) is 53.4 Å². The summed E-state index contributed by atoms with van der Waals surface area (Å²) in [5.41, 5.74) is 1.22. The average Bonchev–Trinajstić information content (AvgIpc) is 2.71. The molecule has 0 aliphatic rings. The Kier molecular flexibility index (Phi) is 6.14. The van der Waals surface area contributed by atoms with E-state index in [1.807, 2.05) is 6.08 Å². The molecule has 0 saturated carbocycles. The zero-order chi connectivity index (χ0) is 13.4. The monoisotopic (exact) mass is 252 g/mol. The maximum atomic E-state index is 11.7. The molecule has 1 aromatic heterocycles. The molecule has 0 N–H and O–H groups in total. The first-order chi connectivity index (χ1) is 8.70. The number of ether oxygens (including phenoxy) is 2. The van der Waals surface area contributed by atoms with Crippen LogP contribution in [0, 0.1) is 0 Å². The summed E-state index contributed by atoms with van der Waals surface area (Å²) in [7, 11) is 1.78. The van der Waals surface area contributed by atoms with Crippen molar-refractivity contribution in [2.24, 2.45) is 7.05 Å². The van der Waals surface area contributed by atoms with Crippen molar-refractivity contribution in [1.29, 1.82) is 0 Å². The van der Waals surface area contributed by atoms with Gasteiger partial charge in [-0.3, -0.25) is 4.68 Å². The number of allylic oxidation sites excluding steroid dienone is 1. The van der Waals surface area contributed by atoms with Gasteiger partial charge in [-0.15, -0.1) is 6.58 Å². The maximum absolute atomic E-state index is 11.7. The van der Waals surface area contributed by atoms with Crippen molar-refractivity contribution < 1.29 is 14.3 Å². The van der Waals surface area contributed by atoms with Gasteiger partial charge in [0.1, 0.15) is 5.56 Å². The molecular weight excluding hydrogens is 232 g/mol. The highest BCUT2D eigenvalue weighted by Gasteiger charge is 2.16. The Hall–Kier alpha value is -1.62. The van der Waals surface area contributed by atoms with Crippen molar-refractivity contribution >= 4 is 5.97 Å². The normalized spacial score (nSPS) is 10.3. The van der Waals surface area contributed by atoms with Gasteiger partial charge in [0, 0.05) is 13.7 Å². The first kappa shape index (κ1) is 14.4. The van der Waals surface area contributed by atoms with Crippen LogP contribution in [0.5, 0.6) is 0 Å². The molecule has 0 aliphatic heterocycles. The molecule has 0 saturated heterocycles. The molecule has 5 nitrogen and oxygen atoms in total. The molecule has 100 valence electrons. The highest BCUT2D eigenvalue weighted by molar-refractivity contribution is 5.90. The quantitative estimate of drug-likeness (QED) is 0.404. The van der Waals surface area contributed by atoms with Crippen LogP contribution in [0.1, 0.15) is 35.8 Å². The first-order valence-corrected chi connectivity index (χ1v) is 6.07. The van der Waals surface area contributed by atoms with Gasteiger partial charge < -0.3 is 9.47 Å². The first-order valence-electron chi connectivity index (χ1n) is 6.07. The van der Waals surface area contributed by atoms with Crippen LogP contribution < -0.4 is 0 Å². The summed E-state index contributed by atoms with van der Waals surface area (Å²) in [5, 5.41) is 4.05. The molecule has 0 radical (unpaired) electrons. The van der Waals surface area contributed by atoms with Crippen LogP contribution in [-0.2, 0) is 23.1 Å². The number of carbonyl (C=O) groups excluding carboxylic acids is 1. The number of esters is 1. The average molecular weight is 252 g/mol. The van der Waals surface area contributed by atoms with E-state index in [9.17, 15) is 4.79 Å². The van der Waals surface area contributed by atoms with Crippen LogP contribution in [0.3, 0.4) is 0 Å². The molecule has 1 aromatic rings. The van der Waals surface area contributed by atoms with Crippen LogP contribution >= 0.6 is 0 Å². The molecule has 0 fully saturated rings. The number of aryl methyl sites for hydroxylation is 1. The van der Waals surface area contributed by atoms with E-state index in [-0.39, 0.29) is 5.97 Å². The molecule has 0 aliphatic carbocycles. The summed E-state index contributed by atoms with van der Waals surface area (Å²) in [6, 6.07) is 0. The molecule has 1 heterocycles. The smallest absolute Gasteiger partial charge is 0.341 e. The Morgan fingerprint density at radius 2 is 2.39 bits per heavy atom. The van der Waals surface area contributed by atoms with Crippen molar-refractivity contribution in [1.82, 2.24) is 9.78 Å². The molecule has 0 aromatic carbocycles. The van der Waals surface area contributed by atoms with Gasteiger partial charge in [0.25, 0.3) is 0 Å². The van der Waals surface area contributed by atoms with Crippen LogP contribution in [0.2, 0.25) is 0 Å². The maximum Gasteiger partial charge on any atom is 0.341 e. The predicted molar refractivity (Wildman–Crippen MR) is 68.3 cm³/mol. The van der Waals surface area contributed by atoms with E-state index >= 15 is 0 Å². The van der Waals surface area contributed by atoms with Crippen LogP contribution in [0.15, 0.2) is 18.9 Å². The molecule has 5 heteroatoms. The zero-order valence-corrected chi connectivity index (χ0v) is 11.0. The van der Waals surface area contributed by atoms with E-state index in [1.165, 1.54) is 6.20 Å². The van der Waals surface area contributed by atoms with E-state index in [0.29, 0.717) is 25.4 Å². The van der Waals surface area contributed by atoms with Crippen LogP contribution in [0.25, 0.3) is 0 Å². The fraction of sp³-hybridized carbons (Fsp3) is 0.538. The molecule has 18 heavy (non-hydrogen) atoms. The number of unbranched alkanes of at least 4 members (excludes halogenated alkanes) is 1. The van der Waals surface area contributed by atoms with E-state index in [2.05, 4.69) is 11.7 Å². The van der Waals surface area contributed by atoms with Gasteiger partial charge in [-0.05, 0) is 19.8 Å². The van der Waals surface area contributed by atoms with E-state index in [0.717, 1.165) is 18.5 Å². The zero-order valence-electron chi connectivity index (χ0n) is 11.0. The minimum atomic E-state index is -0.352. The Morgan fingerprint density at radius 3 is 3.06 bits per heavy atom. The van der Waals surface area contributed by atoms with Gasteiger partial charge in [0.2, 0.25) is 0 Å². The molecule has 0 unspecified atom stereocenters. The largest absolute Gasteiger partial charge is 0.462 e. The Labute approximate surface area is 107 Å².